The molecule has 1 atom stereocenters. The number of nitrogens with zero attached hydrogens (tertiary/aromatic N) is 2. The highest BCUT2D eigenvalue weighted by atomic mass is 16.2. The van der Waals surface area contributed by atoms with E-state index in [0.717, 1.165) is 37.1 Å². The van der Waals surface area contributed by atoms with Crippen LogP contribution in [0.4, 0.5) is 5.69 Å². The number of carbonyl (C=O) groups is 3. The fraction of sp³-hybridized carbons (Fsp3) is 0.450. The van der Waals surface area contributed by atoms with Gasteiger partial charge in [-0.15, -0.1) is 0 Å². The van der Waals surface area contributed by atoms with E-state index in [9.17, 15) is 14.4 Å². The summed E-state index contributed by atoms with van der Waals surface area (Å²) in [6.07, 6.45) is 4.12. The molecule has 0 radical (unpaired) electrons. The van der Waals surface area contributed by atoms with E-state index in [-0.39, 0.29) is 23.8 Å². The Morgan fingerprint density at radius 1 is 1.38 bits per heavy atom. The molecule has 6 nitrogen and oxygen atoms in total. The van der Waals surface area contributed by atoms with Crippen molar-refractivity contribution in [1.82, 2.24) is 10.2 Å². The van der Waals surface area contributed by atoms with E-state index in [2.05, 4.69) is 11.9 Å². The standard InChI is InChI=1S/C20H25N3O3/c1-3-10-22-13-14(12-19(22)25)21-20(26)16-7-5-9-17-15(16)8-6-11-23(17)18(24)4-2/h4-5,7,9,14H,2-3,6,8,10-13H2,1H3,(H,21,26). The van der Waals surface area contributed by atoms with Crippen LogP contribution in [-0.4, -0.2) is 48.3 Å². The van der Waals surface area contributed by atoms with E-state index >= 15 is 0 Å². The van der Waals surface area contributed by atoms with E-state index < -0.39 is 0 Å². The van der Waals surface area contributed by atoms with Crippen molar-refractivity contribution in [3.63, 3.8) is 0 Å². The minimum absolute atomic E-state index is 0.0926. The van der Waals surface area contributed by atoms with Crippen molar-refractivity contribution < 1.29 is 14.4 Å². The van der Waals surface area contributed by atoms with Crippen LogP contribution in [-0.2, 0) is 16.0 Å². The second kappa shape index (κ2) is 7.72. The van der Waals surface area contributed by atoms with Crippen LogP contribution < -0.4 is 10.2 Å². The second-order valence-corrected chi connectivity index (χ2v) is 6.82. The highest BCUT2D eigenvalue weighted by molar-refractivity contribution is 6.04. The molecule has 6 heteroatoms. The molecule has 1 saturated heterocycles. The molecule has 2 aliphatic rings. The first-order valence-corrected chi connectivity index (χ1v) is 9.19. The van der Waals surface area contributed by atoms with Gasteiger partial charge in [0.05, 0.1) is 6.04 Å². The number of likely N-dealkylation sites (tertiary alicyclic amines) is 1. The molecule has 0 aliphatic carbocycles. The number of nitrogens with one attached hydrogen (secondary N) is 1. The largest absolute Gasteiger partial charge is 0.347 e. The SMILES string of the molecule is C=CC(=O)N1CCCc2c(C(=O)NC3CC(=O)N(CCC)C3)cccc21. The predicted molar refractivity (Wildman–Crippen MR) is 100 cm³/mol. The maximum atomic E-state index is 12.8. The fourth-order valence-corrected chi connectivity index (χ4v) is 3.79. The summed E-state index contributed by atoms with van der Waals surface area (Å²) < 4.78 is 0. The summed E-state index contributed by atoms with van der Waals surface area (Å²) in [6, 6.07) is 5.30. The zero-order chi connectivity index (χ0) is 18.7. The third-order valence-corrected chi connectivity index (χ3v) is 4.98. The maximum Gasteiger partial charge on any atom is 0.251 e. The molecule has 1 N–H and O–H groups in total. The Labute approximate surface area is 153 Å². The fourth-order valence-electron chi connectivity index (χ4n) is 3.79. The van der Waals surface area contributed by atoms with Crippen LogP contribution >= 0.6 is 0 Å². The number of fused-ring (bicyclic) bond motifs is 1. The van der Waals surface area contributed by atoms with E-state index in [1.54, 1.807) is 21.9 Å². The predicted octanol–water partition coefficient (Wildman–Crippen LogP) is 1.89. The van der Waals surface area contributed by atoms with Crippen LogP contribution in [0.15, 0.2) is 30.9 Å². The molecule has 0 spiro atoms. The van der Waals surface area contributed by atoms with Crippen molar-refractivity contribution in [1.29, 1.82) is 0 Å². The average molecular weight is 355 g/mol. The topological polar surface area (TPSA) is 69.7 Å². The Kier molecular flexibility index (Phi) is 5.40. The highest BCUT2D eigenvalue weighted by Crippen LogP contribution is 2.30. The number of amides is 3. The van der Waals surface area contributed by atoms with Gasteiger partial charge in [-0.25, -0.2) is 0 Å². The minimum Gasteiger partial charge on any atom is -0.347 e. The lowest BCUT2D eigenvalue weighted by atomic mass is 9.95. The minimum atomic E-state index is -0.175. The third kappa shape index (κ3) is 3.49. The van der Waals surface area contributed by atoms with Gasteiger partial charge in [-0.3, -0.25) is 14.4 Å². The zero-order valence-corrected chi connectivity index (χ0v) is 15.2. The van der Waals surface area contributed by atoms with Gasteiger partial charge in [-0.2, -0.15) is 0 Å². The molecule has 2 heterocycles. The Bertz CT molecular complexity index is 744. The van der Waals surface area contributed by atoms with Crippen molar-refractivity contribution in [2.24, 2.45) is 0 Å². The van der Waals surface area contributed by atoms with Crippen LogP contribution in [0, 0.1) is 0 Å². The summed E-state index contributed by atoms with van der Waals surface area (Å²) in [5, 5.41) is 3.00. The first-order chi connectivity index (χ1) is 12.5. The van der Waals surface area contributed by atoms with Gasteiger partial charge in [0, 0.05) is 37.3 Å². The smallest absolute Gasteiger partial charge is 0.251 e. The molecule has 1 fully saturated rings. The van der Waals surface area contributed by atoms with Crippen molar-refractivity contribution >= 4 is 23.4 Å². The molecule has 3 rings (SSSR count). The normalized spacial score (nSPS) is 19.3. The zero-order valence-electron chi connectivity index (χ0n) is 15.2. The van der Waals surface area contributed by atoms with E-state index in [1.165, 1.54) is 6.08 Å². The molecule has 0 saturated carbocycles. The highest BCUT2D eigenvalue weighted by Gasteiger charge is 2.31. The van der Waals surface area contributed by atoms with Crippen molar-refractivity contribution in [3.8, 4) is 0 Å². The molecule has 1 unspecified atom stereocenters. The van der Waals surface area contributed by atoms with Gasteiger partial charge in [0.1, 0.15) is 0 Å². The molecule has 1 aromatic rings. The molecule has 2 aliphatic heterocycles. The van der Waals surface area contributed by atoms with Crippen molar-refractivity contribution in [3.05, 3.63) is 42.0 Å². The van der Waals surface area contributed by atoms with Gasteiger partial charge in [-0.1, -0.05) is 19.6 Å². The summed E-state index contributed by atoms with van der Waals surface area (Å²) >= 11 is 0. The molecule has 1 aromatic carbocycles. The number of hydrogen-bond acceptors (Lipinski definition) is 3. The van der Waals surface area contributed by atoms with Gasteiger partial charge < -0.3 is 15.1 Å². The first kappa shape index (κ1) is 18.2. The molecule has 138 valence electrons. The number of anilines is 1. The van der Waals surface area contributed by atoms with Gasteiger partial charge in [0.15, 0.2) is 0 Å². The lowest BCUT2D eigenvalue weighted by Gasteiger charge is -2.30. The Morgan fingerprint density at radius 2 is 2.19 bits per heavy atom. The van der Waals surface area contributed by atoms with Crippen molar-refractivity contribution in [2.45, 2.75) is 38.6 Å². The van der Waals surface area contributed by atoms with Crippen LogP contribution in [0.3, 0.4) is 0 Å². The van der Waals surface area contributed by atoms with Gasteiger partial charge in [-0.05, 0) is 43.0 Å². The van der Waals surface area contributed by atoms with Crippen molar-refractivity contribution in [2.75, 3.05) is 24.5 Å². The lowest BCUT2D eigenvalue weighted by molar-refractivity contribution is -0.127. The van der Waals surface area contributed by atoms with Crippen LogP contribution in [0.2, 0.25) is 0 Å². The van der Waals surface area contributed by atoms with Crippen LogP contribution in [0.25, 0.3) is 0 Å². The molecular weight excluding hydrogens is 330 g/mol. The van der Waals surface area contributed by atoms with E-state index in [0.29, 0.717) is 25.1 Å². The van der Waals surface area contributed by atoms with Gasteiger partial charge in [0.2, 0.25) is 11.8 Å². The van der Waals surface area contributed by atoms with Crippen LogP contribution in [0.1, 0.15) is 42.1 Å². The first-order valence-electron chi connectivity index (χ1n) is 9.19. The monoisotopic (exact) mass is 355 g/mol. The third-order valence-electron chi connectivity index (χ3n) is 4.98. The van der Waals surface area contributed by atoms with Crippen LogP contribution in [0.5, 0.6) is 0 Å². The quantitative estimate of drug-likeness (QED) is 0.820. The maximum absolute atomic E-state index is 12.8. The summed E-state index contributed by atoms with van der Waals surface area (Å²) in [6.45, 7) is 7.51. The molecule has 3 amide bonds. The second-order valence-electron chi connectivity index (χ2n) is 6.82. The number of hydrogen-bond donors (Lipinski definition) is 1. The van der Waals surface area contributed by atoms with Gasteiger partial charge in [0.25, 0.3) is 5.91 Å². The molecule has 0 aromatic heterocycles. The summed E-state index contributed by atoms with van der Waals surface area (Å²) in [4.78, 5) is 40.4. The number of rotatable bonds is 5. The average Bonchev–Trinajstić information content (AvgIpc) is 2.99. The molecule has 0 bridgehead atoms. The molecular formula is C20H25N3O3. The lowest BCUT2D eigenvalue weighted by Crippen LogP contribution is -2.39. The molecule has 26 heavy (non-hydrogen) atoms. The van der Waals surface area contributed by atoms with E-state index in [4.69, 9.17) is 0 Å². The number of carbonyl (C=O) groups excluding carboxylic acids is 3. The van der Waals surface area contributed by atoms with E-state index in [1.807, 2.05) is 13.0 Å². The Balaban J connectivity index is 1.78. The Morgan fingerprint density at radius 3 is 2.92 bits per heavy atom. The Hall–Kier alpha value is -2.63. The van der Waals surface area contributed by atoms with Gasteiger partial charge >= 0.3 is 0 Å². The summed E-state index contributed by atoms with van der Waals surface area (Å²) in [7, 11) is 0. The summed E-state index contributed by atoms with van der Waals surface area (Å²) in [5.74, 6) is -0.235. The number of benzene rings is 1. The summed E-state index contributed by atoms with van der Waals surface area (Å²) in [5.41, 5.74) is 2.26.